The second-order valence-corrected chi connectivity index (χ2v) is 11.8. The van der Waals surface area contributed by atoms with Crippen molar-refractivity contribution >= 4 is 61.0 Å². The van der Waals surface area contributed by atoms with Crippen LogP contribution in [0.2, 0.25) is 0 Å². The van der Waals surface area contributed by atoms with Gasteiger partial charge in [-0.2, -0.15) is 0 Å². The fourth-order valence-corrected chi connectivity index (χ4v) is 6.46. The molecule has 1 aromatic carbocycles. The second kappa shape index (κ2) is 10.8. The number of rotatable bonds is 8. The molecule has 16 heteroatoms. The molecule has 2 aliphatic rings. The Labute approximate surface area is 231 Å². The molecule has 1 fully saturated rings. The summed E-state index contributed by atoms with van der Waals surface area (Å²) in [6.45, 7) is 2.95. The number of anilines is 1. The van der Waals surface area contributed by atoms with Crippen molar-refractivity contribution in [3.63, 3.8) is 0 Å². The molecular weight excluding hydrogens is 604 g/mol. The summed E-state index contributed by atoms with van der Waals surface area (Å²) in [5.74, 6) is 1.43. The van der Waals surface area contributed by atoms with Crippen LogP contribution in [0.3, 0.4) is 0 Å². The van der Waals surface area contributed by atoms with E-state index in [0.717, 1.165) is 28.6 Å². The molecular formula is C22H24BrN6O7S2-. The van der Waals surface area contributed by atoms with Gasteiger partial charge in [0.15, 0.2) is 39.7 Å². The summed E-state index contributed by atoms with van der Waals surface area (Å²) in [6.07, 6.45) is 2.32. The standard InChI is InChI=1S/C22H25BrN6O7S2/c1-12(36-38(31,32)33)21(30)28-5-2-13(3-6-28)4-7-29-20-18(19(24)25-10-26-20)27-22(29)37-17-9-16-15(8-14(17)23)34-11-35-16/h8-10,12-13H,2-7,11H2,1H3,(H2,24,25,26)(H,31,32,33)/p-1/t12-/m0/s1. The number of aryl methyl sites for hydroxylation is 1. The van der Waals surface area contributed by atoms with Crippen LogP contribution in [0.4, 0.5) is 5.82 Å². The van der Waals surface area contributed by atoms with Gasteiger partial charge in [0.05, 0.1) is 0 Å². The first-order chi connectivity index (χ1) is 18.1. The van der Waals surface area contributed by atoms with Gasteiger partial charge in [0.1, 0.15) is 6.33 Å². The SMILES string of the molecule is C[C@H](OS(=O)(=O)[O-])C(=O)N1CCC(CCn2c(Sc3cc4c(cc3Br)OCO4)nc3c(N)ncnc32)CC1. The lowest BCUT2D eigenvalue weighted by molar-refractivity contribution is -0.139. The van der Waals surface area contributed by atoms with E-state index in [1.165, 1.54) is 29.9 Å². The molecule has 0 spiro atoms. The maximum atomic E-state index is 12.5. The molecule has 5 rings (SSSR count). The summed E-state index contributed by atoms with van der Waals surface area (Å²) >= 11 is 5.04. The number of nitrogen functional groups attached to an aromatic ring is 1. The molecule has 0 unspecified atom stereocenters. The Bertz CT molecular complexity index is 1480. The molecule has 13 nitrogen and oxygen atoms in total. The molecule has 2 aliphatic heterocycles. The molecule has 2 N–H and O–H groups in total. The number of ether oxygens (including phenoxy) is 2. The van der Waals surface area contributed by atoms with Crippen LogP contribution >= 0.6 is 27.7 Å². The van der Waals surface area contributed by atoms with Crippen molar-refractivity contribution in [2.45, 2.75) is 48.9 Å². The van der Waals surface area contributed by atoms with Crippen molar-refractivity contribution < 1.29 is 31.4 Å². The lowest BCUT2D eigenvalue weighted by Gasteiger charge is -2.33. The van der Waals surface area contributed by atoms with Crippen LogP contribution < -0.4 is 15.2 Å². The molecule has 0 aliphatic carbocycles. The molecule has 204 valence electrons. The average Bonchev–Trinajstić information content (AvgIpc) is 3.46. The van der Waals surface area contributed by atoms with E-state index in [1.54, 1.807) is 0 Å². The van der Waals surface area contributed by atoms with Gasteiger partial charge in [-0.25, -0.2) is 23.4 Å². The molecule has 0 radical (unpaired) electrons. The zero-order chi connectivity index (χ0) is 27.0. The number of nitrogens with zero attached hydrogens (tertiary/aromatic N) is 5. The van der Waals surface area contributed by atoms with Gasteiger partial charge in [-0.05, 0) is 60.2 Å². The highest BCUT2D eigenvalue weighted by Crippen LogP contribution is 2.43. The number of carbonyl (C=O) groups excluding carboxylic acids is 1. The third-order valence-corrected chi connectivity index (χ3v) is 8.95. The molecule has 1 amide bonds. The van der Waals surface area contributed by atoms with E-state index in [1.807, 2.05) is 16.7 Å². The van der Waals surface area contributed by atoms with E-state index in [2.05, 4.69) is 30.1 Å². The maximum absolute atomic E-state index is 12.5. The van der Waals surface area contributed by atoms with Crippen molar-refractivity contribution in [1.82, 2.24) is 24.4 Å². The first kappa shape index (κ1) is 26.9. The van der Waals surface area contributed by atoms with Crippen molar-refractivity contribution in [1.29, 1.82) is 0 Å². The fraction of sp³-hybridized carbons (Fsp3) is 0.455. The molecule has 3 aromatic rings. The lowest BCUT2D eigenvalue weighted by Crippen LogP contribution is -2.44. The summed E-state index contributed by atoms with van der Waals surface area (Å²) in [4.78, 5) is 28.1. The number of piperidine rings is 1. The third kappa shape index (κ3) is 5.83. The van der Waals surface area contributed by atoms with Gasteiger partial charge in [0, 0.05) is 29.0 Å². The minimum absolute atomic E-state index is 0.175. The highest BCUT2D eigenvalue weighted by molar-refractivity contribution is 9.10. The van der Waals surface area contributed by atoms with Gasteiger partial charge in [-0.3, -0.25) is 8.98 Å². The molecule has 2 aromatic heterocycles. The molecule has 4 heterocycles. The Hall–Kier alpha value is -2.66. The fourth-order valence-electron chi connectivity index (χ4n) is 4.52. The largest absolute Gasteiger partial charge is 0.726 e. The lowest BCUT2D eigenvalue weighted by atomic mass is 9.93. The van der Waals surface area contributed by atoms with Crippen LogP contribution in [0.25, 0.3) is 11.2 Å². The number of fused-ring (bicyclic) bond motifs is 2. The van der Waals surface area contributed by atoms with Gasteiger partial charge < -0.3 is 29.2 Å². The minimum atomic E-state index is -4.95. The Morgan fingerprint density at radius 1 is 1.29 bits per heavy atom. The smallest absolute Gasteiger partial charge is 0.252 e. The number of imidazole rings is 1. The van der Waals surface area contributed by atoms with Crippen LogP contribution in [-0.2, 0) is 25.9 Å². The number of aromatic nitrogens is 4. The zero-order valence-corrected chi connectivity index (χ0v) is 23.4. The van der Waals surface area contributed by atoms with Gasteiger partial charge in [0.2, 0.25) is 17.2 Å². The van der Waals surface area contributed by atoms with E-state index in [4.69, 9.17) is 20.2 Å². The number of hydrogen-bond acceptors (Lipinski definition) is 12. The first-order valence-corrected chi connectivity index (χ1v) is 14.7. The number of amides is 1. The summed E-state index contributed by atoms with van der Waals surface area (Å²) in [6, 6.07) is 3.75. The molecule has 0 saturated carbocycles. The number of likely N-dealkylation sites (tertiary alicyclic amines) is 1. The van der Waals surface area contributed by atoms with Crippen LogP contribution in [0.15, 0.2) is 33.0 Å². The summed E-state index contributed by atoms with van der Waals surface area (Å²) in [5, 5.41) is 0.698. The number of benzene rings is 1. The van der Waals surface area contributed by atoms with E-state index in [9.17, 15) is 17.8 Å². The topological polar surface area (TPSA) is 175 Å². The Balaban J connectivity index is 1.29. The number of hydrogen-bond donors (Lipinski definition) is 1. The van der Waals surface area contributed by atoms with Crippen LogP contribution in [0.5, 0.6) is 11.5 Å². The van der Waals surface area contributed by atoms with Crippen molar-refractivity contribution in [3.05, 3.63) is 22.9 Å². The maximum Gasteiger partial charge on any atom is 0.252 e. The van der Waals surface area contributed by atoms with Gasteiger partial charge in [-0.1, -0.05) is 11.8 Å². The molecule has 38 heavy (non-hydrogen) atoms. The highest BCUT2D eigenvalue weighted by Gasteiger charge is 2.28. The van der Waals surface area contributed by atoms with E-state index in [-0.39, 0.29) is 6.79 Å². The summed E-state index contributed by atoms with van der Waals surface area (Å²) in [7, 11) is -4.95. The first-order valence-electron chi connectivity index (χ1n) is 11.8. The van der Waals surface area contributed by atoms with Crippen LogP contribution in [-0.4, -0.2) is 69.3 Å². The number of carbonyl (C=O) groups is 1. The quantitative estimate of drug-likeness (QED) is 0.286. The molecule has 1 atom stereocenters. The predicted octanol–water partition coefficient (Wildman–Crippen LogP) is 2.54. The number of halogens is 1. The predicted molar refractivity (Wildman–Crippen MR) is 138 cm³/mol. The average molecular weight is 629 g/mol. The summed E-state index contributed by atoms with van der Waals surface area (Å²) < 4.78 is 50.6. The molecule has 0 bridgehead atoms. The zero-order valence-electron chi connectivity index (χ0n) is 20.2. The highest BCUT2D eigenvalue weighted by atomic mass is 79.9. The Morgan fingerprint density at radius 3 is 2.71 bits per heavy atom. The van der Waals surface area contributed by atoms with E-state index < -0.39 is 22.4 Å². The van der Waals surface area contributed by atoms with Crippen molar-refractivity contribution in [2.24, 2.45) is 5.92 Å². The van der Waals surface area contributed by atoms with Gasteiger partial charge >= 0.3 is 0 Å². The second-order valence-electron chi connectivity index (χ2n) is 8.92. The van der Waals surface area contributed by atoms with Crippen LogP contribution in [0.1, 0.15) is 26.2 Å². The monoisotopic (exact) mass is 627 g/mol. The Morgan fingerprint density at radius 2 is 2.00 bits per heavy atom. The Kier molecular flexibility index (Phi) is 7.68. The summed E-state index contributed by atoms with van der Waals surface area (Å²) in [5.41, 5.74) is 7.25. The third-order valence-electron chi connectivity index (χ3n) is 6.45. The number of nitrogens with two attached hydrogens (primary N) is 1. The van der Waals surface area contributed by atoms with Crippen molar-refractivity contribution in [2.75, 3.05) is 25.6 Å². The van der Waals surface area contributed by atoms with E-state index >= 15 is 0 Å². The van der Waals surface area contributed by atoms with Crippen molar-refractivity contribution in [3.8, 4) is 11.5 Å². The normalized spacial score (nSPS) is 16.8. The molecule has 1 saturated heterocycles. The van der Waals surface area contributed by atoms with Gasteiger partial charge in [-0.15, -0.1) is 0 Å². The van der Waals surface area contributed by atoms with Crippen LogP contribution in [0, 0.1) is 5.92 Å². The van der Waals surface area contributed by atoms with E-state index in [0.29, 0.717) is 59.2 Å². The van der Waals surface area contributed by atoms with Gasteiger partial charge in [0.25, 0.3) is 5.91 Å². The minimum Gasteiger partial charge on any atom is -0.726 e.